The molecule has 1 aromatic carbocycles. The van der Waals surface area contributed by atoms with Crippen LogP contribution in [-0.4, -0.2) is 41.2 Å². The summed E-state index contributed by atoms with van der Waals surface area (Å²) in [7, 11) is 0. The fourth-order valence-corrected chi connectivity index (χ4v) is 4.91. The smallest absolute Gasteiger partial charge is 0.306 e. The lowest BCUT2D eigenvalue weighted by Crippen LogP contribution is -2.37. The van der Waals surface area contributed by atoms with Gasteiger partial charge in [-0.25, -0.2) is 0 Å². The number of carbonyl (C=O) groups is 2. The summed E-state index contributed by atoms with van der Waals surface area (Å²) in [6.45, 7) is 2.99. The molecule has 1 fully saturated rings. The molecule has 2 aliphatic rings. The van der Waals surface area contributed by atoms with Crippen LogP contribution in [0, 0.1) is 11.8 Å². The second-order valence-corrected chi connectivity index (χ2v) is 8.86. The Labute approximate surface area is 172 Å². The Balaban J connectivity index is 1.57. The van der Waals surface area contributed by atoms with Crippen LogP contribution in [0.5, 0.6) is 0 Å². The number of aryl methyl sites for hydroxylation is 1. The number of nitrogens with zero attached hydrogens (tertiary/aromatic N) is 1. The Kier molecular flexibility index (Phi) is 5.73. The van der Waals surface area contributed by atoms with E-state index in [4.69, 9.17) is 0 Å². The summed E-state index contributed by atoms with van der Waals surface area (Å²) in [5, 5.41) is 17.0. The molecule has 0 unspecified atom stereocenters. The van der Waals surface area contributed by atoms with Gasteiger partial charge in [0.25, 0.3) is 0 Å². The molecule has 1 aliphatic heterocycles. The molecule has 1 amide bonds. The number of halogens is 1. The average molecular weight is 448 g/mol. The minimum Gasteiger partial charge on any atom is -0.481 e. The van der Waals surface area contributed by atoms with Crippen molar-refractivity contribution in [3.8, 4) is 0 Å². The number of aliphatic carboxylic acids is 1. The highest BCUT2D eigenvalue weighted by Crippen LogP contribution is 2.35. The fraction of sp³-hybridized carbons (Fsp3) is 0.524. The van der Waals surface area contributed by atoms with Crippen molar-refractivity contribution in [3.63, 3.8) is 0 Å². The molecule has 0 saturated carbocycles. The molecule has 1 atom stereocenters. The number of hydrogen-bond donors (Lipinski definition) is 3. The van der Waals surface area contributed by atoms with Crippen molar-refractivity contribution in [1.29, 1.82) is 0 Å². The van der Waals surface area contributed by atoms with Crippen LogP contribution < -0.4 is 10.6 Å². The zero-order valence-corrected chi connectivity index (χ0v) is 17.4. The third-order valence-corrected chi connectivity index (χ3v) is 6.62. The van der Waals surface area contributed by atoms with E-state index in [1.54, 1.807) is 0 Å². The third-order valence-electron chi connectivity index (χ3n) is 6.13. The van der Waals surface area contributed by atoms with E-state index in [0.717, 1.165) is 53.4 Å². The maximum Gasteiger partial charge on any atom is 0.306 e. The first-order chi connectivity index (χ1) is 13.5. The third kappa shape index (κ3) is 3.96. The maximum atomic E-state index is 12.7. The summed E-state index contributed by atoms with van der Waals surface area (Å²) >= 11 is 3.54. The molecule has 0 bridgehead atoms. The number of carboxylic acids is 1. The first kappa shape index (κ1) is 19.5. The van der Waals surface area contributed by atoms with E-state index in [0.29, 0.717) is 25.3 Å². The van der Waals surface area contributed by atoms with Crippen molar-refractivity contribution >= 4 is 38.7 Å². The minimum absolute atomic E-state index is 0.00130. The van der Waals surface area contributed by atoms with Crippen LogP contribution in [0.3, 0.4) is 0 Å². The first-order valence-corrected chi connectivity index (χ1v) is 10.8. The van der Waals surface area contributed by atoms with Crippen LogP contribution in [0.25, 0.3) is 10.9 Å². The number of hydrogen-bond acceptors (Lipinski definition) is 3. The molecular formula is C21H26BrN3O3. The van der Waals surface area contributed by atoms with Crippen molar-refractivity contribution in [2.45, 2.75) is 38.6 Å². The summed E-state index contributed by atoms with van der Waals surface area (Å²) < 4.78 is 3.03. The number of carbonyl (C=O) groups excluding carboxylic acids is 1. The lowest BCUT2D eigenvalue weighted by atomic mass is 9.87. The van der Waals surface area contributed by atoms with E-state index < -0.39 is 5.97 Å². The second kappa shape index (κ2) is 8.25. The van der Waals surface area contributed by atoms with Crippen molar-refractivity contribution in [1.82, 2.24) is 15.2 Å². The number of aromatic nitrogens is 1. The first-order valence-electron chi connectivity index (χ1n) is 10.0. The van der Waals surface area contributed by atoms with Gasteiger partial charge in [0.05, 0.1) is 5.92 Å². The predicted molar refractivity (Wildman–Crippen MR) is 111 cm³/mol. The normalized spacial score (nSPS) is 20.1. The molecular weight excluding hydrogens is 422 g/mol. The van der Waals surface area contributed by atoms with Crippen LogP contribution in [0.1, 0.15) is 30.5 Å². The minimum atomic E-state index is -0.751. The van der Waals surface area contributed by atoms with E-state index in [9.17, 15) is 14.7 Å². The van der Waals surface area contributed by atoms with Crippen molar-refractivity contribution in [2.75, 3.05) is 19.6 Å². The summed E-state index contributed by atoms with van der Waals surface area (Å²) in [5.74, 6) is -0.595. The average Bonchev–Trinajstić information content (AvgIpc) is 2.99. The zero-order valence-electron chi connectivity index (χ0n) is 15.8. The number of fused-ring (bicyclic) bond motifs is 3. The van der Waals surface area contributed by atoms with Gasteiger partial charge in [0.1, 0.15) is 6.54 Å². The Hall–Kier alpha value is -1.86. The molecule has 28 heavy (non-hydrogen) atoms. The molecule has 0 spiro atoms. The van der Waals surface area contributed by atoms with Crippen LogP contribution >= 0.6 is 15.9 Å². The number of benzene rings is 1. The number of rotatable bonds is 5. The molecule has 150 valence electrons. The topological polar surface area (TPSA) is 83.4 Å². The van der Waals surface area contributed by atoms with Crippen LogP contribution in [0.4, 0.5) is 0 Å². The lowest BCUT2D eigenvalue weighted by molar-refractivity contribution is -0.142. The van der Waals surface area contributed by atoms with E-state index in [2.05, 4.69) is 32.6 Å². The second-order valence-electron chi connectivity index (χ2n) is 7.95. The molecule has 1 saturated heterocycles. The van der Waals surface area contributed by atoms with Gasteiger partial charge < -0.3 is 20.3 Å². The highest BCUT2D eigenvalue weighted by molar-refractivity contribution is 9.10. The fourth-order valence-electron chi connectivity index (χ4n) is 4.55. The summed E-state index contributed by atoms with van der Waals surface area (Å²) in [6, 6.07) is 6.08. The van der Waals surface area contributed by atoms with Crippen molar-refractivity contribution in [2.24, 2.45) is 11.8 Å². The van der Waals surface area contributed by atoms with Crippen molar-refractivity contribution in [3.05, 3.63) is 33.9 Å². The molecule has 2 aromatic rings. The molecule has 2 heterocycles. The van der Waals surface area contributed by atoms with Crippen LogP contribution in [0.15, 0.2) is 22.7 Å². The molecule has 1 aromatic heterocycles. The van der Waals surface area contributed by atoms with Gasteiger partial charge in [-0.3, -0.25) is 9.59 Å². The molecule has 7 heteroatoms. The van der Waals surface area contributed by atoms with Gasteiger partial charge in [0.15, 0.2) is 0 Å². The van der Waals surface area contributed by atoms with Gasteiger partial charge in [0.2, 0.25) is 5.91 Å². The number of nitrogens with one attached hydrogen (secondary N) is 2. The van der Waals surface area contributed by atoms with Gasteiger partial charge in [0, 0.05) is 34.0 Å². The number of piperidine rings is 1. The monoisotopic (exact) mass is 447 g/mol. The van der Waals surface area contributed by atoms with Crippen molar-refractivity contribution < 1.29 is 14.7 Å². The number of amides is 1. The van der Waals surface area contributed by atoms with E-state index in [1.807, 2.05) is 16.7 Å². The van der Waals surface area contributed by atoms with Gasteiger partial charge in [-0.1, -0.05) is 15.9 Å². The van der Waals surface area contributed by atoms with Crippen LogP contribution in [0.2, 0.25) is 0 Å². The lowest BCUT2D eigenvalue weighted by Gasteiger charge is -2.23. The summed E-state index contributed by atoms with van der Waals surface area (Å²) in [5.41, 5.74) is 3.21. The Morgan fingerprint density at radius 3 is 2.79 bits per heavy atom. The van der Waals surface area contributed by atoms with Gasteiger partial charge in [-0.2, -0.15) is 0 Å². The zero-order chi connectivity index (χ0) is 19.7. The summed E-state index contributed by atoms with van der Waals surface area (Å²) in [6.07, 6.45) is 4.06. The van der Waals surface area contributed by atoms with E-state index in [1.165, 1.54) is 5.56 Å². The van der Waals surface area contributed by atoms with E-state index >= 15 is 0 Å². The molecule has 1 aliphatic carbocycles. The summed E-state index contributed by atoms with van der Waals surface area (Å²) in [4.78, 5) is 24.2. The quantitative estimate of drug-likeness (QED) is 0.657. The van der Waals surface area contributed by atoms with Gasteiger partial charge in [-0.15, -0.1) is 0 Å². The predicted octanol–water partition coefficient (Wildman–Crippen LogP) is 2.71. The Bertz CT molecular complexity index is 902. The Morgan fingerprint density at radius 2 is 2.04 bits per heavy atom. The highest BCUT2D eigenvalue weighted by atomic mass is 79.9. The maximum absolute atomic E-state index is 12.7. The standard InChI is InChI=1S/C21H26BrN3O3/c22-15-2-4-18-17(10-15)16-3-1-14(21(27)28)9-19(16)25(18)12-20(26)24-11-13-5-7-23-8-6-13/h2,4,10,13-14,23H,1,3,5-9,11-12H2,(H,24,26)(H,27,28)/t14-/m1/s1. The SMILES string of the molecule is O=C(Cn1c2c(c3cc(Br)ccc31)CC[C@@H](C(=O)O)C2)NCC1CCNCC1. The highest BCUT2D eigenvalue weighted by Gasteiger charge is 2.30. The molecule has 4 rings (SSSR count). The Morgan fingerprint density at radius 1 is 1.25 bits per heavy atom. The molecule has 6 nitrogen and oxygen atoms in total. The van der Waals surface area contributed by atoms with E-state index in [-0.39, 0.29) is 18.4 Å². The van der Waals surface area contributed by atoms with Gasteiger partial charge >= 0.3 is 5.97 Å². The molecule has 3 N–H and O–H groups in total. The molecule has 0 radical (unpaired) electrons. The number of carboxylic acid groups (broad SMARTS) is 1. The largest absolute Gasteiger partial charge is 0.481 e. The van der Waals surface area contributed by atoms with Crippen LogP contribution in [-0.2, 0) is 29.0 Å². The van der Waals surface area contributed by atoms with Gasteiger partial charge in [-0.05, 0) is 68.5 Å².